The highest BCUT2D eigenvalue weighted by Gasteiger charge is 2.16. The van der Waals surface area contributed by atoms with Crippen LogP contribution < -0.4 is 5.32 Å². The van der Waals surface area contributed by atoms with Crippen molar-refractivity contribution >= 4 is 29.2 Å². The SMILES string of the molecule is CCOC(=O)c1cc(C(=O)Nc2cccc(Cl)c2)ccc1O. The highest BCUT2D eigenvalue weighted by atomic mass is 35.5. The third-order valence-electron chi connectivity index (χ3n) is 2.84. The Hall–Kier alpha value is -2.53. The predicted molar refractivity (Wildman–Crippen MR) is 83.5 cm³/mol. The number of carbonyl (C=O) groups excluding carboxylic acids is 2. The lowest BCUT2D eigenvalue weighted by Crippen LogP contribution is -2.13. The zero-order valence-electron chi connectivity index (χ0n) is 11.8. The molecule has 0 aliphatic carbocycles. The summed E-state index contributed by atoms with van der Waals surface area (Å²) in [5.74, 6) is -1.34. The monoisotopic (exact) mass is 319 g/mol. The van der Waals surface area contributed by atoms with E-state index in [0.29, 0.717) is 10.7 Å². The Morgan fingerprint density at radius 1 is 1.23 bits per heavy atom. The van der Waals surface area contributed by atoms with Crippen LogP contribution in [0.1, 0.15) is 27.6 Å². The molecule has 0 aliphatic rings. The topological polar surface area (TPSA) is 75.6 Å². The van der Waals surface area contributed by atoms with Crippen LogP contribution in [0.25, 0.3) is 0 Å². The molecule has 2 rings (SSSR count). The number of anilines is 1. The molecular formula is C16H14ClNO4. The fourth-order valence-electron chi connectivity index (χ4n) is 1.82. The third-order valence-corrected chi connectivity index (χ3v) is 3.07. The zero-order valence-corrected chi connectivity index (χ0v) is 12.6. The quantitative estimate of drug-likeness (QED) is 0.846. The minimum atomic E-state index is -0.683. The van der Waals surface area contributed by atoms with Gasteiger partial charge in [0, 0.05) is 16.3 Å². The van der Waals surface area contributed by atoms with Crippen LogP contribution in [0.5, 0.6) is 5.75 Å². The van der Waals surface area contributed by atoms with Gasteiger partial charge >= 0.3 is 5.97 Å². The molecule has 0 bridgehead atoms. The molecule has 6 heteroatoms. The molecule has 0 saturated heterocycles. The van der Waals surface area contributed by atoms with Crippen LogP contribution in [-0.4, -0.2) is 23.6 Å². The number of carbonyl (C=O) groups is 2. The van der Waals surface area contributed by atoms with Gasteiger partial charge in [-0.3, -0.25) is 4.79 Å². The number of phenolic OH excluding ortho intramolecular Hbond substituents is 1. The number of rotatable bonds is 4. The molecule has 0 fully saturated rings. The van der Waals surface area contributed by atoms with Crippen molar-refractivity contribution in [2.24, 2.45) is 0 Å². The molecule has 2 N–H and O–H groups in total. The Bertz CT molecular complexity index is 715. The van der Waals surface area contributed by atoms with Crippen molar-refractivity contribution in [3.8, 4) is 5.75 Å². The van der Waals surface area contributed by atoms with Gasteiger partial charge in [0.1, 0.15) is 11.3 Å². The first-order valence-corrected chi connectivity index (χ1v) is 6.96. The summed E-state index contributed by atoms with van der Waals surface area (Å²) in [6, 6.07) is 10.7. The maximum atomic E-state index is 12.2. The fourth-order valence-corrected chi connectivity index (χ4v) is 2.01. The molecule has 114 valence electrons. The lowest BCUT2D eigenvalue weighted by Gasteiger charge is -2.08. The lowest BCUT2D eigenvalue weighted by molar-refractivity contribution is 0.0523. The molecule has 22 heavy (non-hydrogen) atoms. The van der Waals surface area contributed by atoms with E-state index in [1.807, 2.05) is 0 Å². The number of hydrogen-bond acceptors (Lipinski definition) is 4. The van der Waals surface area contributed by atoms with E-state index in [1.165, 1.54) is 18.2 Å². The van der Waals surface area contributed by atoms with Crippen LogP contribution in [0.15, 0.2) is 42.5 Å². The molecule has 0 heterocycles. The Morgan fingerprint density at radius 3 is 2.68 bits per heavy atom. The number of amides is 1. The number of hydrogen-bond donors (Lipinski definition) is 2. The molecular weight excluding hydrogens is 306 g/mol. The summed E-state index contributed by atoms with van der Waals surface area (Å²) in [6.07, 6.45) is 0. The van der Waals surface area contributed by atoms with Crippen LogP contribution in [0.2, 0.25) is 5.02 Å². The molecule has 0 aliphatic heterocycles. The molecule has 0 saturated carbocycles. The summed E-state index contributed by atoms with van der Waals surface area (Å²) in [4.78, 5) is 23.9. The van der Waals surface area contributed by atoms with Crippen LogP contribution >= 0.6 is 11.6 Å². The van der Waals surface area contributed by atoms with Gasteiger partial charge in [0.2, 0.25) is 0 Å². The third kappa shape index (κ3) is 3.77. The Morgan fingerprint density at radius 2 is 2.00 bits per heavy atom. The minimum Gasteiger partial charge on any atom is -0.507 e. The second-order valence-electron chi connectivity index (χ2n) is 4.42. The van der Waals surface area contributed by atoms with E-state index in [0.717, 1.165) is 0 Å². The number of benzene rings is 2. The van der Waals surface area contributed by atoms with Gasteiger partial charge in [0.15, 0.2) is 0 Å². The van der Waals surface area contributed by atoms with E-state index in [-0.39, 0.29) is 23.5 Å². The highest BCUT2D eigenvalue weighted by molar-refractivity contribution is 6.31. The van der Waals surface area contributed by atoms with Crippen molar-refractivity contribution in [1.29, 1.82) is 0 Å². The molecule has 0 radical (unpaired) electrons. The van der Waals surface area contributed by atoms with Gasteiger partial charge in [0.25, 0.3) is 5.91 Å². The second kappa shape index (κ2) is 6.95. The van der Waals surface area contributed by atoms with Crippen molar-refractivity contribution in [2.45, 2.75) is 6.92 Å². The summed E-state index contributed by atoms with van der Waals surface area (Å²) in [6.45, 7) is 1.84. The van der Waals surface area contributed by atoms with Crippen LogP contribution in [0.3, 0.4) is 0 Å². The summed E-state index contributed by atoms with van der Waals surface area (Å²) < 4.78 is 4.83. The standard InChI is InChI=1S/C16H14ClNO4/c1-2-22-16(21)13-8-10(6-7-14(13)19)15(20)18-12-5-3-4-11(17)9-12/h3-9,19H,2H2,1H3,(H,18,20). The van der Waals surface area contributed by atoms with Crippen molar-refractivity contribution in [3.05, 3.63) is 58.6 Å². The largest absolute Gasteiger partial charge is 0.507 e. The van der Waals surface area contributed by atoms with Gasteiger partial charge in [-0.05, 0) is 43.3 Å². The first-order valence-electron chi connectivity index (χ1n) is 6.58. The second-order valence-corrected chi connectivity index (χ2v) is 4.85. The number of ether oxygens (including phenoxy) is 1. The van der Waals surface area contributed by atoms with Gasteiger partial charge in [0.05, 0.1) is 6.61 Å². The first kappa shape index (κ1) is 15.9. The van der Waals surface area contributed by atoms with Crippen molar-refractivity contribution in [3.63, 3.8) is 0 Å². The molecule has 0 spiro atoms. The molecule has 5 nitrogen and oxygen atoms in total. The first-order chi connectivity index (χ1) is 10.5. The summed E-state index contributed by atoms with van der Waals surface area (Å²) in [7, 11) is 0. The summed E-state index contributed by atoms with van der Waals surface area (Å²) in [5, 5.41) is 12.8. The van der Waals surface area contributed by atoms with E-state index in [1.54, 1.807) is 31.2 Å². The zero-order chi connectivity index (χ0) is 16.1. The van der Waals surface area contributed by atoms with Gasteiger partial charge in [-0.15, -0.1) is 0 Å². The van der Waals surface area contributed by atoms with E-state index < -0.39 is 11.9 Å². The smallest absolute Gasteiger partial charge is 0.341 e. The van der Waals surface area contributed by atoms with Crippen LogP contribution in [-0.2, 0) is 4.74 Å². The molecule has 0 atom stereocenters. The number of aromatic hydroxyl groups is 1. The average Bonchev–Trinajstić information content (AvgIpc) is 2.47. The van der Waals surface area contributed by atoms with Gasteiger partial charge in [-0.1, -0.05) is 17.7 Å². The highest BCUT2D eigenvalue weighted by Crippen LogP contribution is 2.21. The van der Waals surface area contributed by atoms with Gasteiger partial charge in [-0.25, -0.2) is 4.79 Å². The van der Waals surface area contributed by atoms with Crippen LogP contribution in [0, 0.1) is 0 Å². The van der Waals surface area contributed by atoms with Crippen molar-refractivity contribution in [1.82, 2.24) is 0 Å². The maximum Gasteiger partial charge on any atom is 0.341 e. The minimum absolute atomic E-state index is 0.0550. The Kier molecular flexibility index (Phi) is 5.01. The molecule has 2 aromatic rings. The lowest BCUT2D eigenvalue weighted by atomic mass is 10.1. The predicted octanol–water partition coefficient (Wildman–Crippen LogP) is 3.47. The number of nitrogens with one attached hydrogen (secondary N) is 1. The maximum absolute atomic E-state index is 12.2. The van der Waals surface area contributed by atoms with Crippen molar-refractivity contribution < 1.29 is 19.4 Å². The average molecular weight is 320 g/mol. The van der Waals surface area contributed by atoms with Crippen LogP contribution in [0.4, 0.5) is 5.69 Å². The Balaban J connectivity index is 2.23. The van der Waals surface area contributed by atoms with E-state index >= 15 is 0 Å². The van der Waals surface area contributed by atoms with E-state index in [9.17, 15) is 14.7 Å². The van der Waals surface area contributed by atoms with Gasteiger partial charge < -0.3 is 15.2 Å². The molecule has 0 aromatic heterocycles. The number of esters is 1. The molecule has 2 aromatic carbocycles. The Labute approximate surface area is 132 Å². The van der Waals surface area contributed by atoms with Gasteiger partial charge in [-0.2, -0.15) is 0 Å². The molecule has 0 unspecified atom stereocenters. The number of halogens is 1. The fraction of sp³-hybridized carbons (Fsp3) is 0.125. The summed E-state index contributed by atoms with van der Waals surface area (Å²) in [5.41, 5.74) is 0.699. The normalized spacial score (nSPS) is 10.1. The molecule has 1 amide bonds. The van der Waals surface area contributed by atoms with Crippen molar-refractivity contribution in [2.75, 3.05) is 11.9 Å². The number of phenols is 1. The summed E-state index contributed by atoms with van der Waals surface area (Å²) >= 11 is 5.85. The van der Waals surface area contributed by atoms with E-state index in [2.05, 4.69) is 5.32 Å². The van der Waals surface area contributed by atoms with E-state index in [4.69, 9.17) is 16.3 Å².